The fourth-order valence-electron chi connectivity index (χ4n) is 4.74. The summed E-state index contributed by atoms with van der Waals surface area (Å²) in [5, 5.41) is 12.1. The number of carbonyl (C=O) groups is 2. The summed E-state index contributed by atoms with van der Waals surface area (Å²) in [6.07, 6.45) is 3.83. The summed E-state index contributed by atoms with van der Waals surface area (Å²) in [6, 6.07) is 15.1. The first-order valence-corrected chi connectivity index (χ1v) is 13.3. The molecule has 202 valence electrons. The van der Waals surface area contributed by atoms with E-state index in [0.717, 1.165) is 49.0 Å². The molecule has 2 aromatic rings. The molecule has 0 radical (unpaired) electrons. The minimum absolute atomic E-state index is 0.00707. The van der Waals surface area contributed by atoms with Crippen LogP contribution in [0, 0.1) is 11.3 Å². The third-order valence-corrected chi connectivity index (χ3v) is 7.02. The predicted octanol–water partition coefficient (Wildman–Crippen LogP) is 6.49. The number of nitrogens with one attached hydrogen (secondary N) is 1. The van der Waals surface area contributed by atoms with Crippen molar-refractivity contribution >= 4 is 17.7 Å². The van der Waals surface area contributed by atoms with Gasteiger partial charge in [0.15, 0.2) is 6.10 Å². The molecule has 1 atom stereocenters. The molecule has 0 aliphatic heterocycles. The third-order valence-electron chi connectivity index (χ3n) is 7.02. The minimum Gasteiger partial charge on any atom is -0.493 e. The molecule has 0 bridgehead atoms. The van der Waals surface area contributed by atoms with Crippen molar-refractivity contribution in [1.29, 1.82) is 0 Å². The average Bonchev–Trinajstić information content (AvgIpc) is 2.85. The highest BCUT2D eigenvalue weighted by Gasteiger charge is 2.31. The number of carboxylic acid groups (broad SMARTS) is 1. The van der Waals surface area contributed by atoms with Crippen LogP contribution in [0.15, 0.2) is 48.5 Å². The monoisotopic (exact) mass is 511 g/mol. The van der Waals surface area contributed by atoms with Gasteiger partial charge in [0.05, 0.1) is 6.61 Å². The van der Waals surface area contributed by atoms with Gasteiger partial charge >= 0.3 is 12.1 Å². The van der Waals surface area contributed by atoms with Crippen LogP contribution in [0.5, 0.6) is 5.75 Å². The summed E-state index contributed by atoms with van der Waals surface area (Å²) in [4.78, 5) is 23.6. The van der Waals surface area contributed by atoms with Crippen molar-refractivity contribution < 1.29 is 28.9 Å². The van der Waals surface area contributed by atoms with E-state index in [0.29, 0.717) is 36.7 Å². The summed E-state index contributed by atoms with van der Waals surface area (Å²) < 4.78 is 16.8. The zero-order chi connectivity index (χ0) is 26.8. The Morgan fingerprint density at radius 3 is 2.16 bits per heavy atom. The molecule has 0 spiro atoms. The van der Waals surface area contributed by atoms with E-state index in [1.807, 2.05) is 48.5 Å². The molecular weight excluding hydrogens is 470 g/mol. The van der Waals surface area contributed by atoms with Gasteiger partial charge in [-0.3, -0.25) is 5.32 Å². The average molecular weight is 512 g/mol. The molecule has 0 saturated heterocycles. The fraction of sp³-hybridized carbons (Fsp3) is 0.533. The number of anilines is 1. The number of ether oxygens (including phenoxy) is 3. The van der Waals surface area contributed by atoms with E-state index in [4.69, 9.17) is 14.2 Å². The zero-order valence-corrected chi connectivity index (χ0v) is 22.5. The summed E-state index contributed by atoms with van der Waals surface area (Å²) in [7, 11) is 0. The Morgan fingerprint density at radius 1 is 0.973 bits per heavy atom. The molecule has 1 saturated carbocycles. The molecule has 2 N–H and O–H groups in total. The topological polar surface area (TPSA) is 94.1 Å². The van der Waals surface area contributed by atoms with Crippen molar-refractivity contribution in [3.8, 4) is 5.75 Å². The van der Waals surface area contributed by atoms with Gasteiger partial charge in [-0.1, -0.05) is 45.0 Å². The van der Waals surface area contributed by atoms with Crippen LogP contribution in [-0.2, 0) is 27.1 Å². The summed E-state index contributed by atoms with van der Waals surface area (Å²) in [6.45, 7) is 9.49. The zero-order valence-electron chi connectivity index (χ0n) is 22.5. The van der Waals surface area contributed by atoms with Crippen LogP contribution < -0.4 is 10.1 Å². The number of carbonyl (C=O) groups excluding carboxylic acids is 1. The standard InChI is InChI=1S/C30H41NO6/c1-5-35-27(28(32)33)20-22-8-14-25(15-9-22)36-19-18-21-6-12-24(13-7-21)31-29(34)37-26-16-10-23(11-17-26)30(2,3)4/h6-9,12-15,23,26-27H,5,10-11,16-20H2,1-4H3,(H,31,34)(H,32,33)/t23?,26?,27-/m0/s1. The van der Waals surface area contributed by atoms with Crippen LogP contribution >= 0.6 is 0 Å². The van der Waals surface area contributed by atoms with Gasteiger partial charge in [0.1, 0.15) is 11.9 Å². The Balaban J connectivity index is 1.37. The highest BCUT2D eigenvalue weighted by atomic mass is 16.6. The Labute approximate surface area is 220 Å². The second-order valence-electron chi connectivity index (χ2n) is 10.8. The predicted molar refractivity (Wildman–Crippen MR) is 144 cm³/mol. The quantitative estimate of drug-likeness (QED) is 0.358. The van der Waals surface area contributed by atoms with E-state index < -0.39 is 18.2 Å². The van der Waals surface area contributed by atoms with E-state index in [9.17, 15) is 14.7 Å². The number of hydrogen-bond acceptors (Lipinski definition) is 5. The third kappa shape index (κ3) is 9.39. The lowest BCUT2D eigenvalue weighted by Gasteiger charge is -2.36. The largest absolute Gasteiger partial charge is 0.493 e. The summed E-state index contributed by atoms with van der Waals surface area (Å²) in [5.41, 5.74) is 2.99. The van der Waals surface area contributed by atoms with Gasteiger partial charge in [-0.15, -0.1) is 0 Å². The number of carboxylic acids is 1. The number of benzene rings is 2. The first kappa shape index (κ1) is 28.5. The maximum Gasteiger partial charge on any atom is 0.411 e. The van der Waals surface area contributed by atoms with E-state index in [1.54, 1.807) is 6.92 Å². The van der Waals surface area contributed by atoms with Crippen molar-refractivity contribution in [1.82, 2.24) is 0 Å². The van der Waals surface area contributed by atoms with Gasteiger partial charge in [-0.25, -0.2) is 9.59 Å². The van der Waals surface area contributed by atoms with Crippen molar-refractivity contribution in [2.45, 2.75) is 78.4 Å². The normalized spacial score (nSPS) is 18.6. The lowest BCUT2D eigenvalue weighted by Crippen LogP contribution is -2.31. The van der Waals surface area contributed by atoms with Crippen molar-refractivity contribution in [2.24, 2.45) is 11.3 Å². The fourth-order valence-corrected chi connectivity index (χ4v) is 4.74. The molecule has 7 heteroatoms. The van der Waals surface area contributed by atoms with Gasteiger partial charge in [0, 0.05) is 25.1 Å². The molecule has 2 aromatic carbocycles. The highest BCUT2D eigenvalue weighted by Crippen LogP contribution is 2.38. The van der Waals surface area contributed by atoms with E-state index in [-0.39, 0.29) is 6.10 Å². The maximum absolute atomic E-state index is 12.3. The smallest absolute Gasteiger partial charge is 0.411 e. The van der Waals surface area contributed by atoms with E-state index in [1.165, 1.54) is 0 Å². The molecule has 1 aliphatic carbocycles. The van der Waals surface area contributed by atoms with Gasteiger partial charge in [-0.05, 0) is 79.3 Å². The molecule has 1 aliphatic rings. The van der Waals surface area contributed by atoms with Crippen LogP contribution in [0.1, 0.15) is 64.5 Å². The van der Waals surface area contributed by atoms with Crippen LogP contribution in [-0.4, -0.2) is 42.6 Å². The van der Waals surface area contributed by atoms with Gasteiger partial charge < -0.3 is 19.3 Å². The lowest BCUT2D eigenvalue weighted by molar-refractivity contribution is -0.149. The molecule has 1 amide bonds. The van der Waals surface area contributed by atoms with Crippen LogP contribution in [0.3, 0.4) is 0 Å². The maximum atomic E-state index is 12.3. The Hall–Kier alpha value is -3.06. The van der Waals surface area contributed by atoms with Gasteiger partial charge in [-0.2, -0.15) is 0 Å². The van der Waals surface area contributed by atoms with Crippen molar-refractivity contribution in [3.05, 3.63) is 59.7 Å². The van der Waals surface area contributed by atoms with Crippen LogP contribution in [0.25, 0.3) is 0 Å². The molecule has 0 heterocycles. The lowest BCUT2D eigenvalue weighted by atomic mass is 9.72. The van der Waals surface area contributed by atoms with Crippen molar-refractivity contribution in [3.63, 3.8) is 0 Å². The molecule has 0 unspecified atom stereocenters. The molecule has 37 heavy (non-hydrogen) atoms. The molecular formula is C30H41NO6. The van der Waals surface area contributed by atoms with Crippen LogP contribution in [0.2, 0.25) is 0 Å². The Morgan fingerprint density at radius 2 is 1.59 bits per heavy atom. The SMILES string of the molecule is CCO[C@@H](Cc1ccc(OCCc2ccc(NC(=O)OC3CCC(C(C)(C)C)CC3)cc2)cc1)C(=O)O. The number of hydrogen-bond donors (Lipinski definition) is 2. The van der Waals surface area contributed by atoms with E-state index >= 15 is 0 Å². The summed E-state index contributed by atoms with van der Waals surface area (Å²) in [5.74, 6) is 0.451. The second-order valence-corrected chi connectivity index (χ2v) is 10.8. The van der Waals surface area contributed by atoms with Crippen molar-refractivity contribution in [2.75, 3.05) is 18.5 Å². The molecule has 7 nitrogen and oxygen atoms in total. The highest BCUT2D eigenvalue weighted by molar-refractivity contribution is 5.84. The second kappa shape index (κ2) is 13.5. The first-order valence-electron chi connectivity index (χ1n) is 13.3. The van der Waals surface area contributed by atoms with Gasteiger partial charge in [0.25, 0.3) is 0 Å². The van der Waals surface area contributed by atoms with Gasteiger partial charge in [0.2, 0.25) is 0 Å². The molecule has 3 rings (SSSR count). The van der Waals surface area contributed by atoms with Crippen LogP contribution in [0.4, 0.5) is 10.5 Å². The first-order chi connectivity index (χ1) is 17.6. The minimum atomic E-state index is -0.959. The Kier molecular flexibility index (Phi) is 10.4. The number of amides is 1. The number of aliphatic carboxylic acids is 1. The summed E-state index contributed by atoms with van der Waals surface area (Å²) >= 11 is 0. The van der Waals surface area contributed by atoms with E-state index in [2.05, 4.69) is 26.1 Å². The molecule has 0 aromatic heterocycles. The number of rotatable bonds is 11. The molecule has 1 fully saturated rings. The Bertz CT molecular complexity index is 988.